The molecule has 33 heavy (non-hydrogen) atoms. The molecule has 9 heteroatoms. The van der Waals surface area contributed by atoms with Crippen molar-refractivity contribution >= 4 is 46.9 Å². The van der Waals surface area contributed by atoms with Crippen LogP contribution in [0.4, 0.5) is 21.5 Å². The molecule has 0 radical (unpaired) electrons. The lowest BCUT2D eigenvalue weighted by molar-refractivity contribution is -0.113. The summed E-state index contributed by atoms with van der Waals surface area (Å²) in [6.07, 6.45) is 3.53. The number of hydrogen-bond acceptors (Lipinski definition) is 6. The van der Waals surface area contributed by atoms with Crippen LogP contribution in [0.5, 0.6) is 0 Å². The molecule has 7 nitrogen and oxygen atoms in total. The summed E-state index contributed by atoms with van der Waals surface area (Å²) in [5, 5.41) is 18.5. The van der Waals surface area contributed by atoms with Crippen LogP contribution < -0.4 is 5.32 Å². The van der Waals surface area contributed by atoms with Gasteiger partial charge in [0.1, 0.15) is 11.6 Å². The van der Waals surface area contributed by atoms with Crippen LogP contribution in [0.2, 0.25) is 0 Å². The van der Waals surface area contributed by atoms with Crippen molar-refractivity contribution in [2.24, 2.45) is 10.2 Å². The summed E-state index contributed by atoms with van der Waals surface area (Å²) >= 11 is 1.22. The van der Waals surface area contributed by atoms with Crippen molar-refractivity contribution in [1.29, 1.82) is 0 Å². The van der Waals surface area contributed by atoms with Gasteiger partial charge in [0.2, 0.25) is 11.1 Å². The summed E-state index contributed by atoms with van der Waals surface area (Å²) in [5.74, 6) is 0.247. The van der Waals surface area contributed by atoms with Gasteiger partial charge in [-0.2, -0.15) is 10.2 Å². The van der Waals surface area contributed by atoms with Gasteiger partial charge in [-0.05, 0) is 60.2 Å². The number of H-pyrrole nitrogens is 1. The van der Waals surface area contributed by atoms with Crippen molar-refractivity contribution in [3.05, 3.63) is 96.1 Å². The molecule has 0 atom stereocenters. The number of azo groups is 1. The number of halogens is 1. The second-order valence-corrected chi connectivity index (χ2v) is 7.75. The van der Waals surface area contributed by atoms with Crippen molar-refractivity contribution in [3.63, 3.8) is 0 Å². The van der Waals surface area contributed by atoms with E-state index in [1.54, 1.807) is 48.6 Å². The highest BCUT2D eigenvalue weighted by Gasteiger charge is 2.07. The highest BCUT2D eigenvalue weighted by Crippen LogP contribution is 2.20. The lowest BCUT2D eigenvalue weighted by Gasteiger charge is -2.04. The molecule has 0 aliphatic rings. The molecule has 0 aliphatic heterocycles. The number of anilines is 1. The maximum Gasteiger partial charge on any atom is 0.234 e. The molecule has 0 saturated carbocycles. The molecule has 0 fully saturated rings. The largest absolute Gasteiger partial charge is 0.325 e. The molecule has 0 unspecified atom stereocenters. The second-order valence-electron chi connectivity index (χ2n) is 6.81. The van der Waals surface area contributed by atoms with Crippen LogP contribution in [0.1, 0.15) is 11.4 Å². The van der Waals surface area contributed by atoms with E-state index in [1.165, 1.54) is 23.9 Å². The molecule has 0 aliphatic carbocycles. The van der Waals surface area contributed by atoms with Gasteiger partial charge in [-0.3, -0.25) is 9.89 Å². The molecule has 164 valence electrons. The van der Waals surface area contributed by atoms with Gasteiger partial charge in [0.25, 0.3) is 0 Å². The van der Waals surface area contributed by atoms with Crippen LogP contribution in [0.25, 0.3) is 12.2 Å². The van der Waals surface area contributed by atoms with Gasteiger partial charge in [0.15, 0.2) is 0 Å². The van der Waals surface area contributed by atoms with Crippen LogP contribution in [0, 0.1) is 5.82 Å². The zero-order valence-electron chi connectivity index (χ0n) is 17.4. The van der Waals surface area contributed by atoms with Gasteiger partial charge in [-0.1, -0.05) is 48.2 Å². The number of nitrogens with zero attached hydrogens (tertiary/aromatic N) is 4. The van der Waals surface area contributed by atoms with Crippen molar-refractivity contribution < 1.29 is 9.18 Å². The fourth-order valence-corrected chi connectivity index (χ4v) is 3.30. The molecule has 4 aromatic rings. The fraction of sp³-hybridized carbons (Fsp3) is 0.0417. The van der Waals surface area contributed by atoms with Gasteiger partial charge in [0, 0.05) is 5.69 Å². The third-order valence-electron chi connectivity index (χ3n) is 4.31. The second kappa shape index (κ2) is 11.0. The average Bonchev–Trinajstić information content (AvgIpc) is 3.31. The predicted octanol–water partition coefficient (Wildman–Crippen LogP) is 6.26. The lowest BCUT2D eigenvalue weighted by atomic mass is 10.2. The predicted molar refractivity (Wildman–Crippen MR) is 128 cm³/mol. The van der Waals surface area contributed by atoms with E-state index in [9.17, 15) is 9.18 Å². The van der Waals surface area contributed by atoms with Crippen molar-refractivity contribution in [3.8, 4) is 0 Å². The van der Waals surface area contributed by atoms with Crippen LogP contribution in [0.15, 0.2) is 94.2 Å². The number of thioether (sulfide) groups is 1. The number of amides is 1. The summed E-state index contributed by atoms with van der Waals surface area (Å²) in [6, 6.07) is 22.7. The van der Waals surface area contributed by atoms with E-state index in [0.717, 1.165) is 11.3 Å². The first-order valence-corrected chi connectivity index (χ1v) is 11.0. The highest BCUT2D eigenvalue weighted by atomic mass is 32.2. The Morgan fingerprint density at radius 2 is 1.64 bits per heavy atom. The Bertz CT molecular complexity index is 1250. The number of aromatic amines is 1. The molecule has 0 spiro atoms. The zero-order valence-corrected chi connectivity index (χ0v) is 18.2. The summed E-state index contributed by atoms with van der Waals surface area (Å²) in [7, 11) is 0. The minimum absolute atomic E-state index is 0.161. The number of hydrogen-bond donors (Lipinski definition) is 2. The number of carbonyl (C=O) groups is 1. The SMILES string of the molecule is O=C(CSc1n[nH]c(C=Cc2ccc(F)cc2)n1)Nc1ccc(N=Nc2ccccc2)cc1. The van der Waals surface area contributed by atoms with E-state index in [1.807, 2.05) is 30.3 Å². The van der Waals surface area contributed by atoms with E-state index >= 15 is 0 Å². The van der Waals surface area contributed by atoms with Gasteiger partial charge < -0.3 is 5.32 Å². The number of rotatable bonds is 8. The Balaban J connectivity index is 1.25. The topological polar surface area (TPSA) is 95.4 Å². The van der Waals surface area contributed by atoms with Gasteiger partial charge in [0.05, 0.1) is 17.1 Å². The minimum Gasteiger partial charge on any atom is -0.325 e. The molecule has 1 heterocycles. The molecular formula is C24H19FN6OS. The third-order valence-corrected chi connectivity index (χ3v) is 5.15. The minimum atomic E-state index is -0.284. The first-order valence-electron chi connectivity index (χ1n) is 10.00. The Morgan fingerprint density at radius 1 is 0.939 bits per heavy atom. The third kappa shape index (κ3) is 6.94. The van der Waals surface area contributed by atoms with Gasteiger partial charge >= 0.3 is 0 Å². The molecule has 4 rings (SSSR count). The summed E-state index contributed by atoms with van der Waals surface area (Å²) in [6.45, 7) is 0. The fourth-order valence-electron chi connectivity index (χ4n) is 2.70. The monoisotopic (exact) mass is 458 g/mol. The highest BCUT2D eigenvalue weighted by molar-refractivity contribution is 7.99. The van der Waals surface area contributed by atoms with E-state index in [-0.39, 0.29) is 17.5 Å². The Kier molecular flexibility index (Phi) is 7.34. The number of benzene rings is 3. The van der Waals surface area contributed by atoms with E-state index in [2.05, 4.69) is 30.7 Å². The van der Waals surface area contributed by atoms with Crippen molar-refractivity contribution in [2.45, 2.75) is 5.16 Å². The molecule has 1 aromatic heterocycles. The average molecular weight is 459 g/mol. The van der Waals surface area contributed by atoms with Crippen molar-refractivity contribution in [2.75, 3.05) is 11.1 Å². The number of aromatic nitrogens is 3. The van der Waals surface area contributed by atoms with Gasteiger partial charge in [-0.25, -0.2) is 9.37 Å². The van der Waals surface area contributed by atoms with E-state index < -0.39 is 0 Å². The van der Waals surface area contributed by atoms with Gasteiger partial charge in [-0.15, -0.1) is 5.10 Å². The molecule has 2 N–H and O–H groups in total. The normalized spacial score (nSPS) is 11.3. The Hall–Kier alpha value is -4.11. The number of carbonyl (C=O) groups excluding carboxylic acids is 1. The smallest absolute Gasteiger partial charge is 0.234 e. The lowest BCUT2D eigenvalue weighted by Crippen LogP contribution is -2.13. The molecule has 3 aromatic carbocycles. The summed E-state index contributed by atoms with van der Waals surface area (Å²) in [4.78, 5) is 16.6. The summed E-state index contributed by atoms with van der Waals surface area (Å²) < 4.78 is 13.0. The Morgan fingerprint density at radius 3 is 2.36 bits per heavy atom. The van der Waals surface area contributed by atoms with E-state index in [0.29, 0.717) is 22.4 Å². The van der Waals surface area contributed by atoms with Crippen LogP contribution >= 0.6 is 11.8 Å². The molecule has 1 amide bonds. The standard InChI is InChI=1S/C24H19FN6OS/c25-18-9-6-17(7-10-18)8-15-22-27-24(31-30-22)33-16-23(32)26-19-11-13-21(14-12-19)29-28-20-4-2-1-3-5-20/h1-15H,16H2,(H,26,32)(H,27,30,31). The quantitative estimate of drug-likeness (QED) is 0.241. The first-order chi connectivity index (χ1) is 16.1. The number of nitrogens with one attached hydrogen (secondary N) is 2. The zero-order chi connectivity index (χ0) is 22.9. The van der Waals surface area contributed by atoms with E-state index in [4.69, 9.17) is 0 Å². The molecule has 0 saturated heterocycles. The van der Waals surface area contributed by atoms with Crippen LogP contribution in [-0.4, -0.2) is 26.8 Å². The maximum atomic E-state index is 13.0. The first kappa shape index (κ1) is 22.1. The van der Waals surface area contributed by atoms with Crippen molar-refractivity contribution in [1.82, 2.24) is 15.2 Å². The van der Waals surface area contributed by atoms with Crippen LogP contribution in [-0.2, 0) is 4.79 Å². The summed E-state index contributed by atoms with van der Waals surface area (Å²) in [5.41, 5.74) is 2.97. The molecule has 0 bridgehead atoms. The molecular weight excluding hydrogens is 439 g/mol. The van der Waals surface area contributed by atoms with Crippen LogP contribution in [0.3, 0.4) is 0 Å². The Labute approximate surface area is 193 Å². The maximum absolute atomic E-state index is 13.0.